The molecule has 7 heteroatoms. The molecule has 0 spiro atoms. The van der Waals surface area contributed by atoms with E-state index in [9.17, 15) is 4.79 Å². The molecule has 0 aliphatic carbocycles. The summed E-state index contributed by atoms with van der Waals surface area (Å²) in [6.45, 7) is 1.39. The molecule has 6 nitrogen and oxygen atoms in total. The normalized spacial score (nSPS) is 15.8. The van der Waals surface area contributed by atoms with Crippen LogP contribution in [0.3, 0.4) is 0 Å². The first kappa shape index (κ1) is 11.5. The van der Waals surface area contributed by atoms with E-state index in [-0.39, 0.29) is 11.9 Å². The summed E-state index contributed by atoms with van der Waals surface area (Å²) in [6, 6.07) is 2.01. The Morgan fingerprint density at radius 3 is 2.78 bits per heavy atom. The van der Waals surface area contributed by atoms with E-state index in [0.717, 1.165) is 4.47 Å². The highest BCUT2D eigenvalue weighted by atomic mass is 79.9. The SMILES string of the molecule is Cn1nccc1C(=O)N1CC(n2cc(Br)cn2)C1. The van der Waals surface area contributed by atoms with Crippen LogP contribution >= 0.6 is 15.9 Å². The summed E-state index contributed by atoms with van der Waals surface area (Å²) in [5.74, 6) is 0.0254. The maximum Gasteiger partial charge on any atom is 0.272 e. The molecule has 0 aromatic carbocycles. The molecule has 1 fully saturated rings. The lowest BCUT2D eigenvalue weighted by atomic mass is 10.1. The van der Waals surface area contributed by atoms with E-state index in [1.165, 1.54) is 0 Å². The molecule has 0 unspecified atom stereocenters. The Hall–Kier alpha value is -1.63. The average molecular weight is 310 g/mol. The second kappa shape index (κ2) is 4.24. The lowest BCUT2D eigenvalue weighted by molar-refractivity contribution is 0.0490. The standard InChI is InChI=1S/C11H12BrN5O/c1-15-10(2-3-13-15)11(18)16-6-9(7-16)17-5-8(12)4-14-17/h2-5,9H,6-7H2,1H3. The third-order valence-electron chi connectivity index (χ3n) is 3.13. The van der Waals surface area contributed by atoms with Crippen LogP contribution in [0.5, 0.6) is 0 Å². The molecule has 0 saturated carbocycles. The number of hydrogen-bond acceptors (Lipinski definition) is 3. The van der Waals surface area contributed by atoms with Crippen molar-refractivity contribution in [1.29, 1.82) is 0 Å². The summed E-state index contributed by atoms with van der Waals surface area (Å²) < 4.78 is 4.44. The minimum atomic E-state index is 0.0254. The fourth-order valence-electron chi connectivity index (χ4n) is 2.05. The van der Waals surface area contributed by atoms with Gasteiger partial charge in [-0.3, -0.25) is 14.2 Å². The topological polar surface area (TPSA) is 56.0 Å². The number of hydrogen-bond donors (Lipinski definition) is 0. The van der Waals surface area contributed by atoms with Gasteiger partial charge in [0.15, 0.2) is 0 Å². The molecule has 0 bridgehead atoms. The van der Waals surface area contributed by atoms with Crippen LogP contribution in [0.4, 0.5) is 0 Å². The zero-order valence-corrected chi connectivity index (χ0v) is 11.4. The van der Waals surface area contributed by atoms with Crippen LogP contribution in [0, 0.1) is 0 Å². The Kier molecular flexibility index (Phi) is 2.70. The van der Waals surface area contributed by atoms with Crippen LogP contribution in [-0.4, -0.2) is 43.5 Å². The molecule has 18 heavy (non-hydrogen) atoms. The van der Waals surface area contributed by atoms with Crippen molar-refractivity contribution in [3.8, 4) is 0 Å². The maximum absolute atomic E-state index is 12.1. The first-order chi connectivity index (χ1) is 8.65. The Morgan fingerprint density at radius 1 is 1.44 bits per heavy atom. The number of halogens is 1. The summed E-state index contributed by atoms with van der Waals surface area (Å²) in [7, 11) is 1.77. The molecule has 3 heterocycles. The van der Waals surface area contributed by atoms with Gasteiger partial charge >= 0.3 is 0 Å². The van der Waals surface area contributed by atoms with Gasteiger partial charge in [-0.25, -0.2) is 0 Å². The number of nitrogens with zero attached hydrogens (tertiary/aromatic N) is 5. The average Bonchev–Trinajstić information content (AvgIpc) is 2.85. The van der Waals surface area contributed by atoms with Crippen LogP contribution in [0.1, 0.15) is 16.5 Å². The first-order valence-electron chi connectivity index (χ1n) is 5.62. The molecule has 1 aliphatic heterocycles. The summed E-state index contributed by atoms with van der Waals surface area (Å²) in [5, 5.41) is 8.23. The highest BCUT2D eigenvalue weighted by molar-refractivity contribution is 9.10. The number of carbonyl (C=O) groups is 1. The van der Waals surface area contributed by atoms with Crippen LogP contribution < -0.4 is 0 Å². The number of amides is 1. The second-order valence-electron chi connectivity index (χ2n) is 4.34. The van der Waals surface area contributed by atoms with Gasteiger partial charge in [-0.1, -0.05) is 0 Å². The van der Waals surface area contributed by atoms with Gasteiger partial charge in [0.25, 0.3) is 5.91 Å². The quantitative estimate of drug-likeness (QED) is 0.834. The van der Waals surface area contributed by atoms with Crippen molar-refractivity contribution in [2.45, 2.75) is 6.04 Å². The van der Waals surface area contributed by atoms with Gasteiger partial charge in [0.2, 0.25) is 0 Å². The molecule has 1 amide bonds. The molecule has 1 saturated heterocycles. The maximum atomic E-state index is 12.1. The Labute approximate surface area is 112 Å². The molecule has 2 aromatic heterocycles. The van der Waals surface area contributed by atoms with E-state index in [0.29, 0.717) is 18.8 Å². The summed E-state index contributed by atoms with van der Waals surface area (Å²) in [6.07, 6.45) is 5.32. The summed E-state index contributed by atoms with van der Waals surface area (Å²) in [5.41, 5.74) is 0.620. The van der Waals surface area contributed by atoms with Crippen LogP contribution in [0.15, 0.2) is 29.1 Å². The molecular formula is C11H12BrN5O. The molecule has 0 radical (unpaired) electrons. The number of aryl methyl sites for hydroxylation is 1. The minimum Gasteiger partial charge on any atom is -0.333 e. The van der Waals surface area contributed by atoms with Gasteiger partial charge in [0, 0.05) is 32.5 Å². The van der Waals surface area contributed by atoms with Gasteiger partial charge in [-0.15, -0.1) is 0 Å². The summed E-state index contributed by atoms with van der Waals surface area (Å²) >= 11 is 3.36. The molecule has 2 aromatic rings. The van der Waals surface area contributed by atoms with Crippen molar-refractivity contribution in [2.24, 2.45) is 7.05 Å². The molecule has 0 N–H and O–H groups in total. The van der Waals surface area contributed by atoms with E-state index in [2.05, 4.69) is 26.1 Å². The van der Waals surface area contributed by atoms with Crippen molar-refractivity contribution >= 4 is 21.8 Å². The van der Waals surface area contributed by atoms with Gasteiger partial charge in [0.1, 0.15) is 5.69 Å². The van der Waals surface area contributed by atoms with Crippen molar-refractivity contribution < 1.29 is 4.79 Å². The van der Waals surface area contributed by atoms with Crippen molar-refractivity contribution in [3.63, 3.8) is 0 Å². The van der Waals surface area contributed by atoms with Crippen LogP contribution in [0.25, 0.3) is 0 Å². The summed E-state index contributed by atoms with van der Waals surface area (Å²) in [4.78, 5) is 13.9. The first-order valence-corrected chi connectivity index (χ1v) is 6.41. The van der Waals surface area contributed by atoms with E-state index in [1.807, 2.05) is 10.9 Å². The second-order valence-corrected chi connectivity index (χ2v) is 5.26. The van der Waals surface area contributed by atoms with Crippen molar-refractivity contribution in [3.05, 3.63) is 34.8 Å². The third-order valence-corrected chi connectivity index (χ3v) is 3.54. The highest BCUT2D eigenvalue weighted by Gasteiger charge is 2.33. The fourth-order valence-corrected chi connectivity index (χ4v) is 2.35. The molecule has 0 atom stereocenters. The molecule has 3 rings (SSSR count). The lowest BCUT2D eigenvalue weighted by Gasteiger charge is -2.39. The number of aromatic nitrogens is 4. The van der Waals surface area contributed by atoms with Gasteiger partial charge in [0.05, 0.1) is 16.7 Å². The predicted molar refractivity (Wildman–Crippen MR) is 68.1 cm³/mol. The van der Waals surface area contributed by atoms with E-state index >= 15 is 0 Å². The third kappa shape index (κ3) is 1.84. The monoisotopic (exact) mass is 309 g/mol. The van der Waals surface area contributed by atoms with Gasteiger partial charge in [-0.05, 0) is 22.0 Å². The number of rotatable bonds is 2. The smallest absolute Gasteiger partial charge is 0.272 e. The van der Waals surface area contributed by atoms with E-state index in [4.69, 9.17) is 0 Å². The van der Waals surface area contributed by atoms with E-state index < -0.39 is 0 Å². The molecule has 1 aliphatic rings. The largest absolute Gasteiger partial charge is 0.333 e. The predicted octanol–water partition coefficient (Wildman–Crippen LogP) is 1.08. The highest BCUT2D eigenvalue weighted by Crippen LogP contribution is 2.23. The van der Waals surface area contributed by atoms with Gasteiger partial charge in [-0.2, -0.15) is 10.2 Å². The zero-order valence-electron chi connectivity index (χ0n) is 9.82. The lowest BCUT2D eigenvalue weighted by Crippen LogP contribution is -2.51. The van der Waals surface area contributed by atoms with Gasteiger partial charge < -0.3 is 4.90 Å². The van der Waals surface area contributed by atoms with Crippen LogP contribution in [-0.2, 0) is 7.05 Å². The Bertz CT molecular complexity index is 584. The minimum absolute atomic E-state index is 0.0254. The molecular weight excluding hydrogens is 298 g/mol. The number of carbonyl (C=O) groups excluding carboxylic acids is 1. The Morgan fingerprint density at radius 2 is 2.22 bits per heavy atom. The molecule has 94 valence electrons. The van der Waals surface area contributed by atoms with Crippen molar-refractivity contribution in [2.75, 3.05) is 13.1 Å². The fraction of sp³-hybridized carbons (Fsp3) is 0.364. The number of likely N-dealkylation sites (tertiary alicyclic amines) is 1. The van der Waals surface area contributed by atoms with E-state index in [1.54, 1.807) is 35.1 Å². The van der Waals surface area contributed by atoms with Crippen LogP contribution in [0.2, 0.25) is 0 Å². The Balaban J connectivity index is 1.66. The zero-order chi connectivity index (χ0) is 12.7. The van der Waals surface area contributed by atoms with Crippen molar-refractivity contribution in [1.82, 2.24) is 24.5 Å².